The third-order valence-corrected chi connectivity index (χ3v) is 16.1. The molecule has 0 saturated carbocycles. The number of amides is 4. The molecule has 0 aliphatic carbocycles. The Balaban J connectivity index is 0.00000205. The number of ether oxygens (including phenoxy) is 5. The Morgan fingerprint density at radius 2 is 1.21 bits per heavy atom. The highest BCUT2D eigenvalue weighted by Gasteiger charge is 2.42. The number of aromatic nitrogens is 5. The fourth-order valence-electron chi connectivity index (χ4n) is 11.2. The van der Waals surface area contributed by atoms with Crippen molar-refractivity contribution in [1.82, 2.24) is 44.9 Å². The zero-order valence-electron chi connectivity index (χ0n) is 41.5. The van der Waals surface area contributed by atoms with Gasteiger partial charge in [0.2, 0.25) is 18.0 Å². The van der Waals surface area contributed by atoms with E-state index in [2.05, 4.69) is 61.6 Å². The molecule has 5 aliphatic rings. The summed E-state index contributed by atoms with van der Waals surface area (Å²) >= 11 is 8.02. The first-order chi connectivity index (χ1) is 34.6. The number of aromatic amines is 2. The van der Waals surface area contributed by atoms with Gasteiger partial charge < -0.3 is 54.1 Å². The predicted molar refractivity (Wildman–Crippen MR) is 305 cm³/mol. The SMILES string of the molecule is COC(=O)N[C@H](C(=O)N1CCC[C@H]1c1ncc(-c2ccc3c(c2)OC(c2ccc(Cl)s2)n2c-3cc3cc(-c4cnc([C@@H]5CCCN5C(=O)[C@@H](NC(=O)OC)C5CCOCC5)[nH]4)ccc32)[nH]1)C1CCOCC1.S.S.S.S. The highest BCUT2D eigenvalue weighted by Crippen LogP contribution is 2.48. The number of nitrogens with zero attached hydrogens (tertiary/aromatic N) is 5. The average molecular weight is 1140 g/mol. The summed E-state index contributed by atoms with van der Waals surface area (Å²) in [4.78, 5) is 74.6. The van der Waals surface area contributed by atoms with Crippen LogP contribution >= 0.6 is 76.9 Å². The predicted octanol–water partition coefficient (Wildman–Crippen LogP) is 8.82. The third-order valence-electron chi connectivity index (χ3n) is 14.8. The summed E-state index contributed by atoms with van der Waals surface area (Å²) in [7, 11) is 2.61. The van der Waals surface area contributed by atoms with Crippen molar-refractivity contribution in [2.75, 3.05) is 53.7 Å². The monoisotopic (exact) mass is 1140 g/mol. The number of hydrogen-bond donors (Lipinski definition) is 4. The molecule has 0 radical (unpaired) electrons. The van der Waals surface area contributed by atoms with E-state index < -0.39 is 30.5 Å². The van der Waals surface area contributed by atoms with Crippen LogP contribution in [0.25, 0.3) is 44.7 Å². The van der Waals surface area contributed by atoms with Crippen molar-refractivity contribution in [3.63, 3.8) is 0 Å². The van der Waals surface area contributed by atoms with Crippen molar-refractivity contribution in [1.29, 1.82) is 0 Å². The second-order valence-electron chi connectivity index (χ2n) is 18.9. The summed E-state index contributed by atoms with van der Waals surface area (Å²) < 4.78 is 30.8. The molecule has 4 amide bonds. The maximum absolute atomic E-state index is 14.2. The highest BCUT2D eigenvalue weighted by atomic mass is 35.5. The van der Waals surface area contributed by atoms with Crippen LogP contribution in [0.5, 0.6) is 5.75 Å². The number of thiophene rings is 1. The van der Waals surface area contributed by atoms with Crippen LogP contribution in [-0.2, 0) is 28.5 Å². The maximum atomic E-state index is 14.2. The number of carbonyl (C=O) groups excluding carboxylic acids is 4. The molecule has 4 N–H and O–H groups in total. The first-order valence-corrected chi connectivity index (χ1v) is 25.6. The standard InChI is InChI=1S/C51H56ClN9O9S.4H2S/c1-66-50(64)57-43(28-13-19-68-20-14-28)47(62)59-17-3-5-37(59)45-53-26-34(55-45)30-8-10-36-32(23-30)24-39-33-9-7-31(25-40(33)70-49(61(36)39)41-11-12-42(52)71-41)35-27-54-46(56-35)38-6-4-18-60(38)48(63)44(58-51(65)67-2)29-15-21-69-22-16-29;;;;/h7-12,23-29,37-38,43-44,49H,3-6,13-22H2,1-2H3,(H,53,55)(H,54,56)(H,57,64)(H,58,65);4*1H2/t37-,38-,43-,44-,49?;;;;/m0..../s1. The Labute approximate surface area is 471 Å². The molecule has 4 fully saturated rings. The molecule has 5 atom stereocenters. The van der Waals surface area contributed by atoms with Crippen molar-refractivity contribution in [2.24, 2.45) is 11.8 Å². The quantitative estimate of drug-likeness (QED) is 0.0964. The Morgan fingerprint density at radius 1 is 0.693 bits per heavy atom. The zero-order valence-corrected chi connectivity index (χ0v) is 47.1. The van der Waals surface area contributed by atoms with Gasteiger partial charge in [0.05, 0.1) is 70.5 Å². The smallest absolute Gasteiger partial charge is 0.407 e. The van der Waals surface area contributed by atoms with Crippen molar-refractivity contribution in [3.05, 3.63) is 87.9 Å². The van der Waals surface area contributed by atoms with Gasteiger partial charge in [-0.3, -0.25) is 14.2 Å². The number of benzene rings is 2. The van der Waals surface area contributed by atoms with Crippen LogP contribution in [0.4, 0.5) is 9.59 Å². The number of methoxy groups -OCH3 is 2. The number of carbonyl (C=O) groups is 4. The fourth-order valence-corrected chi connectivity index (χ4v) is 12.3. The van der Waals surface area contributed by atoms with Crippen molar-refractivity contribution < 1.29 is 42.9 Å². The van der Waals surface area contributed by atoms with Crippen LogP contribution in [0.2, 0.25) is 4.34 Å². The number of rotatable bonds is 11. The van der Waals surface area contributed by atoms with Crippen LogP contribution in [-0.4, -0.2) is 124 Å². The van der Waals surface area contributed by atoms with Gasteiger partial charge in [-0.05, 0) is 106 Å². The normalized spacial score (nSPS) is 20.2. The largest absolute Gasteiger partial charge is 0.464 e. The molecule has 0 bridgehead atoms. The molecule has 0 spiro atoms. The number of imidazole rings is 2. The van der Waals surface area contributed by atoms with Gasteiger partial charge in [0.15, 0.2) is 0 Å². The Hall–Kier alpha value is -5.01. The highest BCUT2D eigenvalue weighted by molar-refractivity contribution is 7.59. The molecule has 4 aromatic heterocycles. The van der Waals surface area contributed by atoms with Gasteiger partial charge in [0.25, 0.3) is 0 Å². The molecule has 404 valence electrons. The van der Waals surface area contributed by atoms with Crippen molar-refractivity contribution in [3.8, 4) is 39.5 Å². The van der Waals surface area contributed by atoms with E-state index in [4.69, 9.17) is 45.3 Å². The van der Waals surface area contributed by atoms with Crippen LogP contribution in [0.1, 0.15) is 86.2 Å². The van der Waals surface area contributed by atoms with Crippen molar-refractivity contribution >= 4 is 112 Å². The topological polar surface area (TPSA) is 207 Å². The van der Waals surface area contributed by atoms with Crippen LogP contribution in [0.3, 0.4) is 0 Å². The summed E-state index contributed by atoms with van der Waals surface area (Å²) in [6.45, 7) is 3.28. The molecule has 4 saturated heterocycles. The maximum Gasteiger partial charge on any atom is 0.407 e. The minimum Gasteiger partial charge on any atom is -0.464 e. The van der Waals surface area contributed by atoms with E-state index in [1.807, 2.05) is 34.2 Å². The Morgan fingerprint density at radius 3 is 1.72 bits per heavy atom. The molecule has 1 unspecified atom stereocenters. The molecular weight excluding hydrogens is 1080 g/mol. The lowest BCUT2D eigenvalue weighted by Gasteiger charge is -2.34. The van der Waals surface area contributed by atoms with E-state index in [1.165, 1.54) is 25.6 Å². The molecule has 24 heteroatoms. The van der Waals surface area contributed by atoms with E-state index >= 15 is 0 Å². The molecule has 5 aliphatic heterocycles. The van der Waals surface area contributed by atoms with Gasteiger partial charge in [-0.15, -0.1) is 11.3 Å². The molecule has 75 heavy (non-hydrogen) atoms. The summed E-state index contributed by atoms with van der Waals surface area (Å²) in [6, 6.07) is 16.5. The fraction of sp³-hybridized carbons (Fsp3) is 0.451. The van der Waals surface area contributed by atoms with Crippen LogP contribution < -0.4 is 15.4 Å². The van der Waals surface area contributed by atoms with E-state index in [0.29, 0.717) is 86.9 Å². The Kier molecular flexibility index (Phi) is 19.2. The van der Waals surface area contributed by atoms with Crippen molar-refractivity contribution in [2.45, 2.75) is 81.8 Å². The lowest BCUT2D eigenvalue weighted by Crippen LogP contribution is -2.53. The average Bonchev–Trinajstić information content (AvgIpc) is 4.28. The summed E-state index contributed by atoms with van der Waals surface area (Å²) in [6.07, 6.45) is 7.65. The molecule has 6 aromatic rings. The number of hydrogen-bond acceptors (Lipinski definition) is 12. The lowest BCUT2D eigenvalue weighted by atomic mass is 9.90. The van der Waals surface area contributed by atoms with E-state index in [0.717, 1.165) is 75.2 Å². The van der Waals surface area contributed by atoms with E-state index in [-0.39, 0.29) is 89.7 Å². The molecule has 9 heterocycles. The molecule has 2 aromatic carbocycles. The van der Waals surface area contributed by atoms with E-state index in [1.54, 1.807) is 6.20 Å². The minimum atomic E-state index is -0.724. The first-order valence-electron chi connectivity index (χ1n) is 24.4. The summed E-state index contributed by atoms with van der Waals surface area (Å²) in [5.74, 6) is 1.68. The second-order valence-corrected chi connectivity index (χ2v) is 20.6. The van der Waals surface area contributed by atoms with Gasteiger partial charge in [-0.25, -0.2) is 19.6 Å². The second kappa shape index (κ2) is 25.0. The van der Waals surface area contributed by atoms with Gasteiger partial charge in [-0.2, -0.15) is 54.0 Å². The van der Waals surface area contributed by atoms with E-state index in [9.17, 15) is 19.2 Å². The van der Waals surface area contributed by atoms with Gasteiger partial charge in [0.1, 0.15) is 29.5 Å². The number of likely N-dealkylation sites (tertiary alicyclic amines) is 2. The number of halogens is 1. The summed E-state index contributed by atoms with van der Waals surface area (Å²) in [5.41, 5.74) is 6.30. The van der Waals surface area contributed by atoms with Gasteiger partial charge >= 0.3 is 12.2 Å². The Bertz CT molecular complexity index is 2970. The number of nitrogens with one attached hydrogen (secondary N) is 4. The number of H-pyrrole nitrogens is 2. The molecular formula is C51H64ClN9O9S5. The zero-order chi connectivity index (χ0) is 48.8. The first kappa shape index (κ1) is 57.7. The van der Waals surface area contributed by atoms with Gasteiger partial charge in [-0.1, -0.05) is 23.7 Å². The summed E-state index contributed by atoms with van der Waals surface area (Å²) in [5, 5.41) is 6.66. The van der Waals surface area contributed by atoms with Crippen LogP contribution in [0.15, 0.2) is 67.0 Å². The molecule has 18 nitrogen and oxygen atoms in total. The number of fused-ring (bicyclic) bond motifs is 5. The third kappa shape index (κ3) is 11.5. The minimum absolute atomic E-state index is 0. The number of alkyl carbamates (subject to hydrolysis) is 2. The van der Waals surface area contributed by atoms with Gasteiger partial charge in [0, 0.05) is 61.6 Å². The lowest BCUT2D eigenvalue weighted by molar-refractivity contribution is -0.137. The van der Waals surface area contributed by atoms with Crippen LogP contribution in [0, 0.1) is 11.8 Å². The molecule has 11 rings (SSSR count).